The fourth-order valence-electron chi connectivity index (χ4n) is 3.23. The Morgan fingerprint density at radius 2 is 1.86 bits per heavy atom. The Balaban J connectivity index is 1.51. The molecule has 1 saturated heterocycles. The lowest BCUT2D eigenvalue weighted by Crippen LogP contribution is -2.48. The summed E-state index contributed by atoms with van der Waals surface area (Å²) >= 11 is 0. The van der Waals surface area contributed by atoms with Gasteiger partial charge in [0.05, 0.1) is 0 Å². The normalized spacial score (nSPS) is 14.9. The maximum atomic E-state index is 12.8. The highest BCUT2D eigenvalue weighted by molar-refractivity contribution is 5.98. The highest BCUT2D eigenvalue weighted by atomic mass is 16.2. The van der Waals surface area contributed by atoms with Crippen LogP contribution < -0.4 is 5.32 Å². The molecule has 0 saturated carbocycles. The Morgan fingerprint density at radius 1 is 1.10 bits per heavy atom. The van der Waals surface area contributed by atoms with E-state index < -0.39 is 0 Å². The van der Waals surface area contributed by atoms with Crippen LogP contribution in [0.15, 0.2) is 54.7 Å². The second kappa shape index (κ2) is 10.5. The second-order valence-electron chi connectivity index (χ2n) is 7.09. The molecule has 1 aliphatic heterocycles. The Kier molecular flexibility index (Phi) is 7.53. The minimum atomic E-state index is -0.168. The van der Waals surface area contributed by atoms with Gasteiger partial charge in [-0.1, -0.05) is 49.4 Å². The van der Waals surface area contributed by atoms with Crippen LogP contribution in [-0.4, -0.2) is 65.9 Å². The van der Waals surface area contributed by atoms with Crippen molar-refractivity contribution in [1.29, 1.82) is 0 Å². The number of benzene rings is 1. The molecule has 29 heavy (non-hydrogen) atoms. The van der Waals surface area contributed by atoms with E-state index in [-0.39, 0.29) is 11.8 Å². The molecule has 0 aliphatic carbocycles. The number of amides is 2. The van der Waals surface area contributed by atoms with Crippen LogP contribution in [0.2, 0.25) is 0 Å². The van der Waals surface area contributed by atoms with E-state index in [0.717, 1.165) is 26.1 Å². The van der Waals surface area contributed by atoms with Crippen molar-refractivity contribution in [3.63, 3.8) is 0 Å². The molecule has 0 bridgehead atoms. The van der Waals surface area contributed by atoms with Gasteiger partial charge in [-0.3, -0.25) is 19.5 Å². The van der Waals surface area contributed by atoms with E-state index in [9.17, 15) is 9.59 Å². The fraction of sp³-hybridized carbons (Fsp3) is 0.348. The van der Waals surface area contributed by atoms with Gasteiger partial charge >= 0.3 is 0 Å². The third kappa shape index (κ3) is 5.99. The van der Waals surface area contributed by atoms with Crippen LogP contribution in [0, 0.1) is 0 Å². The van der Waals surface area contributed by atoms with Gasteiger partial charge in [-0.25, -0.2) is 0 Å². The summed E-state index contributed by atoms with van der Waals surface area (Å²) in [6.45, 7) is 6.44. The predicted octanol–water partition coefficient (Wildman–Crippen LogP) is 2.69. The summed E-state index contributed by atoms with van der Waals surface area (Å²) in [5.41, 5.74) is 1.99. The molecule has 6 heteroatoms. The van der Waals surface area contributed by atoms with Crippen LogP contribution in [-0.2, 0) is 0 Å². The van der Waals surface area contributed by atoms with Crippen molar-refractivity contribution in [2.24, 2.45) is 0 Å². The molecule has 152 valence electrons. The van der Waals surface area contributed by atoms with Gasteiger partial charge in [0, 0.05) is 51.0 Å². The topological polar surface area (TPSA) is 65.5 Å². The van der Waals surface area contributed by atoms with E-state index >= 15 is 0 Å². The smallest absolute Gasteiger partial charge is 0.272 e. The van der Waals surface area contributed by atoms with Crippen molar-refractivity contribution in [2.75, 3.05) is 39.3 Å². The van der Waals surface area contributed by atoms with Crippen molar-refractivity contribution in [2.45, 2.75) is 13.3 Å². The van der Waals surface area contributed by atoms with Crippen molar-refractivity contribution in [3.8, 4) is 0 Å². The highest BCUT2D eigenvalue weighted by Gasteiger charge is 2.23. The number of carbonyl (C=O) groups excluding carboxylic acids is 2. The average Bonchev–Trinajstić information content (AvgIpc) is 2.78. The summed E-state index contributed by atoms with van der Waals surface area (Å²) < 4.78 is 0. The van der Waals surface area contributed by atoms with Crippen molar-refractivity contribution >= 4 is 17.9 Å². The zero-order valence-corrected chi connectivity index (χ0v) is 16.9. The molecule has 0 radical (unpaired) electrons. The zero-order valence-electron chi connectivity index (χ0n) is 16.9. The molecule has 2 aromatic rings. The monoisotopic (exact) mass is 392 g/mol. The second-order valence-corrected chi connectivity index (χ2v) is 7.09. The largest absolute Gasteiger partial charge is 0.352 e. The van der Waals surface area contributed by atoms with Gasteiger partial charge in [0.25, 0.3) is 11.8 Å². The summed E-state index contributed by atoms with van der Waals surface area (Å²) in [5.74, 6) is -0.284. The minimum Gasteiger partial charge on any atom is -0.352 e. The zero-order chi connectivity index (χ0) is 20.5. The van der Waals surface area contributed by atoms with Crippen LogP contribution in [0.4, 0.5) is 0 Å². The van der Waals surface area contributed by atoms with Gasteiger partial charge in [-0.05, 0) is 24.1 Å². The van der Waals surface area contributed by atoms with Gasteiger partial charge < -0.3 is 10.2 Å². The quantitative estimate of drug-likeness (QED) is 0.787. The number of nitrogens with zero attached hydrogens (tertiary/aromatic N) is 3. The number of rotatable bonds is 7. The number of aromatic nitrogens is 1. The van der Waals surface area contributed by atoms with Crippen LogP contribution in [0.25, 0.3) is 6.08 Å². The van der Waals surface area contributed by atoms with Gasteiger partial charge in [-0.15, -0.1) is 0 Å². The molecule has 0 atom stereocenters. The molecule has 3 rings (SSSR count). The average molecular weight is 393 g/mol. The number of nitrogens with one attached hydrogen (secondary N) is 1. The maximum Gasteiger partial charge on any atom is 0.272 e. The third-order valence-electron chi connectivity index (χ3n) is 4.91. The number of hydrogen-bond donors (Lipinski definition) is 1. The molecular formula is C23H28N4O2. The summed E-state index contributed by atoms with van der Waals surface area (Å²) in [6, 6.07) is 13.4. The molecule has 0 unspecified atom stereocenters. The highest BCUT2D eigenvalue weighted by Crippen LogP contribution is 2.10. The van der Waals surface area contributed by atoms with E-state index in [0.29, 0.717) is 30.9 Å². The molecule has 1 aliphatic rings. The third-order valence-corrected chi connectivity index (χ3v) is 4.91. The van der Waals surface area contributed by atoms with E-state index in [2.05, 4.69) is 39.5 Å². The van der Waals surface area contributed by atoms with E-state index in [4.69, 9.17) is 0 Å². The lowest BCUT2D eigenvalue weighted by molar-refractivity contribution is 0.0644. The Hall–Kier alpha value is -2.99. The van der Waals surface area contributed by atoms with Gasteiger partial charge in [-0.2, -0.15) is 0 Å². The first-order valence-electron chi connectivity index (χ1n) is 10.1. The first kappa shape index (κ1) is 20.7. The van der Waals surface area contributed by atoms with Crippen molar-refractivity contribution in [1.82, 2.24) is 20.1 Å². The van der Waals surface area contributed by atoms with Gasteiger partial charge in [0.15, 0.2) is 0 Å². The van der Waals surface area contributed by atoms with E-state index in [1.165, 1.54) is 11.8 Å². The van der Waals surface area contributed by atoms with Crippen LogP contribution in [0.5, 0.6) is 0 Å². The minimum absolute atomic E-state index is 0.116. The fourth-order valence-corrected chi connectivity index (χ4v) is 3.23. The van der Waals surface area contributed by atoms with Crippen LogP contribution in [0.1, 0.15) is 39.8 Å². The summed E-state index contributed by atoms with van der Waals surface area (Å²) in [6.07, 6.45) is 6.68. The number of hydrogen-bond acceptors (Lipinski definition) is 4. The first-order chi connectivity index (χ1) is 14.2. The Bertz CT molecular complexity index is 843. The molecule has 1 N–H and O–H groups in total. The predicted molar refractivity (Wildman–Crippen MR) is 115 cm³/mol. The number of piperazine rings is 1. The SMILES string of the molecule is CCCNC(=O)c1ccnc(C(=O)N2CCN(C/C=C/c3ccccc3)CC2)c1. The van der Waals surface area contributed by atoms with Gasteiger partial charge in [0.2, 0.25) is 0 Å². The molecule has 1 fully saturated rings. The molecule has 2 amide bonds. The molecule has 6 nitrogen and oxygen atoms in total. The van der Waals surface area contributed by atoms with Crippen molar-refractivity contribution < 1.29 is 9.59 Å². The Morgan fingerprint density at radius 3 is 2.59 bits per heavy atom. The van der Waals surface area contributed by atoms with Gasteiger partial charge in [0.1, 0.15) is 5.69 Å². The number of pyridine rings is 1. The van der Waals surface area contributed by atoms with Crippen LogP contribution in [0.3, 0.4) is 0 Å². The Labute approximate surface area is 172 Å². The maximum absolute atomic E-state index is 12.8. The summed E-state index contributed by atoms with van der Waals surface area (Å²) in [7, 11) is 0. The molecule has 2 heterocycles. The van der Waals surface area contributed by atoms with Crippen molar-refractivity contribution in [3.05, 3.63) is 71.6 Å². The molecule has 0 spiro atoms. The number of carbonyl (C=O) groups is 2. The van der Waals surface area contributed by atoms with E-state index in [1.807, 2.05) is 30.0 Å². The summed E-state index contributed by atoms with van der Waals surface area (Å²) in [4.78, 5) is 33.2. The molecule has 1 aromatic carbocycles. The lowest BCUT2D eigenvalue weighted by atomic mass is 10.2. The summed E-state index contributed by atoms with van der Waals surface area (Å²) in [5, 5.41) is 2.83. The first-order valence-corrected chi connectivity index (χ1v) is 10.1. The molecule has 1 aromatic heterocycles. The molecular weight excluding hydrogens is 364 g/mol. The lowest BCUT2D eigenvalue weighted by Gasteiger charge is -2.34. The van der Waals surface area contributed by atoms with E-state index in [1.54, 1.807) is 12.1 Å². The standard InChI is InChI=1S/C23H28N4O2/c1-2-11-25-22(28)20-10-12-24-21(18-20)23(29)27-16-14-26(15-17-27)13-6-9-19-7-4-3-5-8-19/h3-10,12,18H,2,11,13-17H2,1H3,(H,25,28)/b9-6+. The van der Waals surface area contributed by atoms with Crippen LogP contribution >= 0.6 is 0 Å².